The van der Waals surface area contributed by atoms with Crippen LogP contribution in [0.3, 0.4) is 0 Å². The van der Waals surface area contributed by atoms with Crippen LogP contribution in [0, 0.1) is 5.82 Å². The number of carbonyl (C=O) groups excluding carboxylic acids is 1. The quantitative estimate of drug-likeness (QED) is 0.553. The fourth-order valence-electron chi connectivity index (χ4n) is 3.23. The van der Waals surface area contributed by atoms with Crippen molar-refractivity contribution in [2.45, 2.75) is 25.3 Å². The lowest BCUT2D eigenvalue weighted by Crippen LogP contribution is -2.23. The van der Waals surface area contributed by atoms with Crippen LogP contribution in [0.5, 0.6) is 0 Å². The maximum Gasteiger partial charge on any atom is 0.252 e. The van der Waals surface area contributed by atoms with Crippen LogP contribution in [0.4, 0.5) is 4.39 Å². The van der Waals surface area contributed by atoms with Crippen LogP contribution in [0.25, 0.3) is 22.2 Å². The lowest BCUT2D eigenvalue weighted by Gasteiger charge is -2.10. The van der Waals surface area contributed by atoms with Gasteiger partial charge >= 0.3 is 0 Å². The highest BCUT2D eigenvalue weighted by Crippen LogP contribution is 2.38. The largest absolute Gasteiger partial charge is 0.343 e. The normalized spacial score (nSPS) is 13.6. The van der Waals surface area contributed by atoms with Gasteiger partial charge in [0.25, 0.3) is 5.91 Å². The van der Waals surface area contributed by atoms with Crippen molar-refractivity contribution in [2.75, 3.05) is 0 Å². The number of pyridine rings is 1. The fourth-order valence-corrected chi connectivity index (χ4v) is 3.23. The number of hydrogen-bond acceptors (Lipinski definition) is 5. The molecule has 1 amide bonds. The van der Waals surface area contributed by atoms with Crippen LogP contribution in [0.1, 0.15) is 40.8 Å². The van der Waals surface area contributed by atoms with E-state index in [1.54, 1.807) is 18.2 Å². The highest BCUT2D eigenvalue weighted by atomic mass is 19.1. The molecule has 1 saturated carbocycles. The number of amides is 1. The Morgan fingerprint density at radius 2 is 1.90 bits per heavy atom. The number of carbonyl (C=O) groups is 1. The second-order valence-electron chi connectivity index (χ2n) is 7.08. The van der Waals surface area contributed by atoms with Crippen molar-refractivity contribution in [3.8, 4) is 11.3 Å². The third-order valence-corrected chi connectivity index (χ3v) is 4.93. The lowest BCUT2D eigenvalue weighted by atomic mass is 10.0. The van der Waals surface area contributed by atoms with Gasteiger partial charge in [0.15, 0.2) is 5.82 Å². The standard InChI is InChI=1S/C22H17FN4O2/c23-15-9-7-13(8-10-15)19-11-17(16-3-1-2-4-18(16)25-19)22(28)24-12-20-26-21(27-29-20)14-5-6-14/h1-4,7-11,14H,5-6,12H2,(H,24,28). The molecule has 29 heavy (non-hydrogen) atoms. The van der Waals surface area contributed by atoms with Crippen LogP contribution in [0.2, 0.25) is 0 Å². The topological polar surface area (TPSA) is 80.9 Å². The van der Waals surface area contributed by atoms with Crippen LogP contribution in [-0.2, 0) is 6.54 Å². The summed E-state index contributed by atoms with van der Waals surface area (Å²) in [5.74, 6) is 0.904. The SMILES string of the molecule is O=C(NCc1nc(C2CC2)no1)c1cc(-c2ccc(F)cc2)nc2ccccc12. The van der Waals surface area contributed by atoms with Gasteiger partial charge in [0, 0.05) is 16.9 Å². The summed E-state index contributed by atoms with van der Waals surface area (Å²) >= 11 is 0. The number of nitrogens with zero attached hydrogens (tertiary/aromatic N) is 3. The van der Waals surface area contributed by atoms with Gasteiger partial charge in [-0.1, -0.05) is 23.4 Å². The van der Waals surface area contributed by atoms with Gasteiger partial charge in [-0.2, -0.15) is 4.98 Å². The van der Waals surface area contributed by atoms with Gasteiger partial charge < -0.3 is 9.84 Å². The molecule has 1 fully saturated rings. The number of hydrogen-bond donors (Lipinski definition) is 1. The van der Waals surface area contributed by atoms with Crippen molar-refractivity contribution >= 4 is 16.8 Å². The summed E-state index contributed by atoms with van der Waals surface area (Å²) in [6.07, 6.45) is 2.17. The summed E-state index contributed by atoms with van der Waals surface area (Å²) in [6.45, 7) is 0.154. The summed E-state index contributed by atoms with van der Waals surface area (Å²) in [7, 11) is 0. The minimum absolute atomic E-state index is 0.154. The Hall–Kier alpha value is -3.61. The lowest BCUT2D eigenvalue weighted by molar-refractivity contribution is 0.0948. The molecule has 0 spiro atoms. The summed E-state index contributed by atoms with van der Waals surface area (Å²) in [4.78, 5) is 21.9. The predicted octanol–water partition coefficient (Wildman–Crippen LogP) is 4.23. The van der Waals surface area contributed by atoms with Gasteiger partial charge in [0.2, 0.25) is 5.89 Å². The van der Waals surface area contributed by atoms with Crippen LogP contribution >= 0.6 is 0 Å². The minimum Gasteiger partial charge on any atom is -0.343 e. The van der Waals surface area contributed by atoms with E-state index in [-0.39, 0.29) is 18.3 Å². The monoisotopic (exact) mass is 388 g/mol. The maximum atomic E-state index is 13.3. The number of benzene rings is 2. The summed E-state index contributed by atoms with van der Waals surface area (Å²) in [6, 6.07) is 15.2. The number of aromatic nitrogens is 3. The van der Waals surface area contributed by atoms with E-state index in [1.165, 1.54) is 12.1 Å². The van der Waals surface area contributed by atoms with Crippen molar-refractivity contribution in [3.05, 3.63) is 77.7 Å². The molecule has 2 aromatic carbocycles. The van der Waals surface area contributed by atoms with E-state index in [2.05, 4.69) is 20.4 Å². The van der Waals surface area contributed by atoms with E-state index >= 15 is 0 Å². The zero-order chi connectivity index (χ0) is 19.8. The molecule has 0 bridgehead atoms. The van der Waals surface area contributed by atoms with Crippen molar-refractivity contribution < 1.29 is 13.7 Å². The molecule has 0 atom stereocenters. The second kappa shape index (κ2) is 7.09. The first kappa shape index (κ1) is 17.5. The zero-order valence-electron chi connectivity index (χ0n) is 15.4. The van der Waals surface area contributed by atoms with Crippen LogP contribution < -0.4 is 5.32 Å². The second-order valence-corrected chi connectivity index (χ2v) is 7.08. The first-order valence-corrected chi connectivity index (χ1v) is 9.44. The Morgan fingerprint density at radius 1 is 1.10 bits per heavy atom. The molecule has 2 aromatic heterocycles. The highest BCUT2D eigenvalue weighted by Gasteiger charge is 2.28. The Morgan fingerprint density at radius 3 is 2.69 bits per heavy atom. The van der Waals surface area contributed by atoms with Gasteiger partial charge in [-0.25, -0.2) is 9.37 Å². The third kappa shape index (κ3) is 3.59. The molecular formula is C22H17FN4O2. The smallest absolute Gasteiger partial charge is 0.252 e. The predicted molar refractivity (Wildman–Crippen MR) is 105 cm³/mol. The van der Waals surface area contributed by atoms with Gasteiger partial charge in [-0.3, -0.25) is 4.79 Å². The number of fused-ring (bicyclic) bond motifs is 1. The Kier molecular flexibility index (Phi) is 4.27. The molecule has 5 rings (SSSR count). The first-order valence-electron chi connectivity index (χ1n) is 9.44. The average molecular weight is 388 g/mol. The van der Waals surface area contributed by atoms with E-state index < -0.39 is 0 Å². The van der Waals surface area contributed by atoms with Gasteiger partial charge in [0.1, 0.15) is 5.82 Å². The van der Waals surface area contributed by atoms with Crippen LogP contribution in [-0.4, -0.2) is 21.0 Å². The number of halogens is 1. The zero-order valence-corrected chi connectivity index (χ0v) is 15.4. The number of para-hydroxylation sites is 1. The molecule has 4 aromatic rings. The summed E-state index contributed by atoms with van der Waals surface area (Å²) < 4.78 is 18.5. The molecule has 2 heterocycles. The molecule has 0 saturated heterocycles. The summed E-state index contributed by atoms with van der Waals surface area (Å²) in [5, 5.41) is 7.54. The van der Waals surface area contributed by atoms with Crippen molar-refractivity contribution in [1.82, 2.24) is 20.4 Å². The first-order chi connectivity index (χ1) is 14.2. The molecule has 1 aliphatic rings. The van der Waals surface area contributed by atoms with Crippen molar-refractivity contribution in [3.63, 3.8) is 0 Å². The van der Waals surface area contributed by atoms with Gasteiger partial charge in [-0.05, 0) is 49.2 Å². The van der Waals surface area contributed by atoms with E-state index in [1.807, 2.05) is 24.3 Å². The van der Waals surface area contributed by atoms with E-state index in [4.69, 9.17) is 4.52 Å². The van der Waals surface area contributed by atoms with Gasteiger partial charge in [-0.15, -0.1) is 0 Å². The van der Waals surface area contributed by atoms with Crippen LogP contribution in [0.15, 0.2) is 59.1 Å². The molecule has 144 valence electrons. The number of rotatable bonds is 5. The minimum atomic E-state index is -0.322. The molecule has 1 aliphatic carbocycles. The molecule has 6 nitrogen and oxygen atoms in total. The Labute approximate surface area is 165 Å². The number of nitrogens with one attached hydrogen (secondary N) is 1. The van der Waals surface area contributed by atoms with Gasteiger partial charge in [0.05, 0.1) is 23.3 Å². The Balaban J connectivity index is 1.45. The maximum absolute atomic E-state index is 13.3. The molecule has 0 unspecified atom stereocenters. The molecule has 0 radical (unpaired) electrons. The average Bonchev–Trinajstić information content (AvgIpc) is 3.49. The molecule has 0 aliphatic heterocycles. The Bertz CT molecular complexity index is 1200. The highest BCUT2D eigenvalue weighted by molar-refractivity contribution is 6.07. The third-order valence-electron chi connectivity index (χ3n) is 4.93. The van der Waals surface area contributed by atoms with E-state index in [9.17, 15) is 9.18 Å². The fraction of sp³-hybridized carbons (Fsp3) is 0.182. The van der Waals surface area contributed by atoms with Crippen molar-refractivity contribution in [1.29, 1.82) is 0 Å². The molecule has 7 heteroatoms. The summed E-state index contributed by atoms with van der Waals surface area (Å²) in [5.41, 5.74) is 2.50. The van der Waals surface area contributed by atoms with E-state index in [0.717, 1.165) is 23.8 Å². The van der Waals surface area contributed by atoms with Crippen molar-refractivity contribution in [2.24, 2.45) is 0 Å². The molecular weight excluding hydrogens is 371 g/mol. The molecule has 1 N–H and O–H groups in total. The van der Waals surface area contributed by atoms with E-state index in [0.29, 0.717) is 34.4 Å².